The molecule has 2 fully saturated rings. The van der Waals surface area contributed by atoms with Crippen LogP contribution in [0.15, 0.2) is 36.4 Å². The molecule has 0 unspecified atom stereocenters. The molecule has 2 heterocycles. The number of aromatic nitrogens is 2. The molecule has 0 spiro atoms. The van der Waals surface area contributed by atoms with Gasteiger partial charge in [0, 0.05) is 43.5 Å². The molecule has 7 nitrogen and oxygen atoms in total. The largest absolute Gasteiger partial charge is 0.369 e. The minimum absolute atomic E-state index is 0.0687. The van der Waals surface area contributed by atoms with Crippen LogP contribution in [0.25, 0.3) is 0 Å². The first-order valence-electron chi connectivity index (χ1n) is 10.6. The van der Waals surface area contributed by atoms with Gasteiger partial charge in [0.15, 0.2) is 11.6 Å². The van der Waals surface area contributed by atoms with Crippen LogP contribution in [0.1, 0.15) is 32.1 Å². The zero-order valence-corrected chi connectivity index (χ0v) is 17.1. The van der Waals surface area contributed by atoms with Gasteiger partial charge in [-0.25, -0.2) is 0 Å². The van der Waals surface area contributed by atoms with E-state index in [1.54, 1.807) is 6.07 Å². The van der Waals surface area contributed by atoms with Crippen LogP contribution in [-0.2, 0) is 4.79 Å². The van der Waals surface area contributed by atoms with E-state index in [2.05, 4.69) is 61.9 Å². The summed E-state index contributed by atoms with van der Waals surface area (Å²) in [6.07, 6.45) is 5.47. The maximum atomic E-state index is 12.3. The highest BCUT2D eigenvalue weighted by atomic mass is 16.1. The number of nitrogens with one attached hydrogen (secondary N) is 2. The first-order valence-corrected chi connectivity index (χ1v) is 10.6. The van der Waals surface area contributed by atoms with E-state index < -0.39 is 0 Å². The Balaban J connectivity index is 1.31. The second-order valence-corrected chi connectivity index (χ2v) is 8.09. The van der Waals surface area contributed by atoms with Crippen molar-refractivity contribution in [3.8, 4) is 0 Å². The Morgan fingerprint density at radius 1 is 0.897 bits per heavy atom. The molecule has 4 rings (SSSR count). The van der Waals surface area contributed by atoms with Crippen molar-refractivity contribution in [1.29, 1.82) is 0 Å². The number of rotatable bonds is 5. The fraction of sp³-hybridized carbons (Fsp3) is 0.500. The molecule has 0 atom stereocenters. The van der Waals surface area contributed by atoms with Gasteiger partial charge in [-0.1, -0.05) is 19.3 Å². The van der Waals surface area contributed by atoms with E-state index in [1.807, 2.05) is 6.07 Å². The van der Waals surface area contributed by atoms with Crippen molar-refractivity contribution >= 4 is 28.9 Å². The normalized spacial score (nSPS) is 18.4. The highest BCUT2D eigenvalue weighted by Crippen LogP contribution is 2.25. The highest BCUT2D eigenvalue weighted by Gasteiger charge is 2.21. The number of anilines is 4. The Hall–Kier alpha value is -2.67. The van der Waals surface area contributed by atoms with Crippen LogP contribution in [0.3, 0.4) is 0 Å². The zero-order valence-electron chi connectivity index (χ0n) is 17.1. The Kier molecular flexibility index (Phi) is 6.24. The molecule has 1 saturated carbocycles. The van der Waals surface area contributed by atoms with E-state index in [0.717, 1.165) is 57.5 Å². The molecule has 1 saturated heterocycles. The van der Waals surface area contributed by atoms with Gasteiger partial charge in [0.05, 0.1) is 0 Å². The van der Waals surface area contributed by atoms with E-state index in [-0.39, 0.29) is 11.8 Å². The fourth-order valence-electron chi connectivity index (χ4n) is 4.03. The molecule has 1 amide bonds. The summed E-state index contributed by atoms with van der Waals surface area (Å²) in [6.45, 7) is 4.31. The summed E-state index contributed by atoms with van der Waals surface area (Å²) in [5, 5.41) is 14.5. The topological polar surface area (TPSA) is 73.4 Å². The maximum absolute atomic E-state index is 12.3. The predicted octanol–water partition coefficient (Wildman–Crippen LogP) is 3.49. The summed E-state index contributed by atoms with van der Waals surface area (Å²) in [6, 6.07) is 12.1. The number of piperazine rings is 1. The first kappa shape index (κ1) is 19.6. The monoisotopic (exact) mass is 394 g/mol. The first-order chi connectivity index (χ1) is 14.2. The molecule has 29 heavy (non-hydrogen) atoms. The number of carbonyl (C=O) groups excluding carboxylic acids is 1. The second-order valence-electron chi connectivity index (χ2n) is 8.09. The summed E-state index contributed by atoms with van der Waals surface area (Å²) >= 11 is 0. The standard InChI is InChI=1S/C22H30N6O/c1-27-13-15-28(16-14-27)19-9-7-18(8-10-19)23-20-11-12-21(26-25-20)24-22(29)17-5-3-2-4-6-17/h7-12,17H,2-6,13-16H2,1H3,(H,23,25)(H,24,26,29). The summed E-state index contributed by atoms with van der Waals surface area (Å²) in [7, 11) is 2.16. The Morgan fingerprint density at radius 3 is 2.21 bits per heavy atom. The smallest absolute Gasteiger partial charge is 0.228 e. The molecule has 2 N–H and O–H groups in total. The number of carbonyl (C=O) groups is 1. The molecule has 1 aliphatic heterocycles. The third kappa shape index (κ3) is 5.23. The number of hydrogen-bond donors (Lipinski definition) is 2. The number of benzene rings is 1. The van der Waals surface area contributed by atoms with Gasteiger partial charge in [-0.15, -0.1) is 10.2 Å². The van der Waals surface area contributed by atoms with Gasteiger partial charge >= 0.3 is 0 Å². The molecule has 0 bridgehead atoms. The zero-order chi connectivity index (χ0) is 20.1. The van der Waals surface area contributed by atoms with Gasteiger partial charge in [-0.3, -0.25) is 4.79 Å². The third-order valence-corrected chi connectivity index (χ3v) is 5.90. The van der Waals surface area contributed by atoms with Crippen molar-refractivity contribution in [2.45, 2.75) is 32.1 Å². The maximum Gasteiger partial charge on any atom is 0.228 e. The molecule has 154 valence electrons. The average Bonchev–Trinajstić information content (AvgIpc) is 2.77. The van der Waals surface area contributed by atoms with Crippen LogP contribution in [0, 0.1) is 5.92 Å². The van der Waals surface area contributed by atoms with Crippen LogP contribution in [-0.4, -0.2) is 54.2 Å². The van der Waals surface area contributed by atoms with Crippen LogP contribution in [0.5, 0.6) is 0 Å². The SMILES string of the molecule is CN1CCN(c2ccc(Nc3ccc(NC(=O)C4CCCCC4)nn3)cc2)CC1. The Bertz CT molecular complexity index is 793. The minimum atomic E-state index is 0.0687. The minimum Gasteiger partial charge on any atom is -0.369 e. The lowest BCUT2D eigenvalue weighted by Crippen LogP contribution is -2.44. The number of nitrogens with zero attached hydrogens (tertiary/aromatic N) is 4. The fourth-order valence-corrected chi connectivity index (χ4v) is 4.03. The molecular formula is C22H30N6O. The van der Waals surface area contributed by atoms with Gasteiger partial charge in [-0.2, -0.15) is 0 Å². The number of amides is 1. The van der Waals surface area contributed by atoms with Crippen LogP contribution < -0.4 is 15.5 Å². The lowest BCUT2D eigenvalue weighted by atomic mass is 9.89. The number of hydrogen-bond acceptors (Lipinski definition) is 6. The van der Waals surface area contributed by atoms with Crippen LogP contribution in [0.4, 0.5) is 23.0 Å². The summed E-state index contributed by atoms with van der Waals surface area (Å²) in [5.74, 6) is 1.35. The van der Waals surface area contributed by atoms with Crippen molar-refractivity contribution in [2.24, 2.45) is 5.92 Å². The lowest BCUT2D eigenvalue weighted by Gasteiger charge is -2.34. The molecule has 1 aliphatic carbocycles. The molecule has 1 aromatic heterocycles. The lowest BCUT2D eigenvalue weighted by molar-refractivity contribution is -0.120. The van der Waals surface area contributed by atoms with Crippen molar-refractivity contribution in [3.63, 3.8) is 0 Å². The van der Waals surface area contributed by atoms with Gasteiger partial charge < -0.3 is 20.4 Å². The van der Waals surface area contributed by atoms with Crippen molar-refractivity contribution < 1.29 is 4.79 Å². The molecule has 7 heteroatoms. The quantitative estimate of drug-likeness (QED) is 0.809. The molecule has 2 aromatic rings. The van der Waals surface area contributed by atoms with E-state index in [4.69, 9.17) is 0 Å². The third-order valence-electron chi connectivity index (χ3n) is 5.90. The van der Waals surface area contributed by atoms with Gasteiger partial charge in [-0.05, 0) is 56.3 Å². The van der Waals surface area contributed by atoms with E-state index in [0.29, 0.717) is 11.6 Å². The molecule has 0 radical (unpaired) electrons. The average molecular weight is 395 g/mol. The van der Waals surface area contributed by atoms with Crippen LogP contribution in [0.2, 0.25) is 0 Å². The van der Waals surface area contributed by atoms with E-state index >= 15 is 0 Å². The summed E-state index contributed by atoms with van der Waals surface area (Å²) < 4.78 is 0. The van der Waals surface area contributed by atoms with Crippen molar-refractivity contribution in [3.05, 3.63) is 36.4 Å². The van der Waals surface area contributed by atoms with Gasteiger partial charge in [0.1, 0.15) is 0 Å². The van der Waals surface area contributed by atoms with Crippen molar-refractivity contribution in [2.75, 3.05) is 48.8 Å². The molecular weight excluding hydrogens is 364 g/mol. The Morgan fingerprint density at radius 2 is 1.55 bits per heavy atom. The predicted molar refractivity (Wildman–Crippen MR) is 117 cm³/mol. The highest BCUT2D eigenvalue weighted by molar-refractivity contribution is 5.91. The molecule has 1 aromatic carbocycles. The Labute approximate surface area is 172 Å². The molecule has 2 aliphatic rings. The number of likely N-dealkylation sites (N-methyl/N-ethyl adjacent to an activating group) is 1. The van der Waals surface area contributed by atoms with E-state index in [1.165, 1.54) is 12.1 Å². The second kappa shape index (κ2) is 9.22. The van der Waals surface area contributed by atoms with Crippen molar-refractivity contribution in [1.82, 2.24) is 15.1 Å². The van der Waals surface area contributed by atoms with Crippen LogP contribution >= 0.6 is 0 Å². The van der Waals surface area contributed by atoms with Gasteiger partial charge in [0.2, 0.25) is 5.91 Å². The summed E-state index contributed by atoms with van der Waals surface area (Å²) in [5.41, 5.74) is 2.21. The summed E-state index contributed by atoms with van der Waals surface area (Å²) in [4.78, 5) is 17.1. The van der Waals surface area contributed by atoms with Gasteiger partial charge in [0.25, 0.3) is 0 Å². The van der Waals surface area contributed by atoms with E-state index in [9.17, 15) is 4.79 Å².